The second kappa shape index (κ2) is 11.5. The second-order valence-corrected chi connectivity index (χ2v) is 8.88. The molecule has 4 aromatic carbocycles. The van der Waals surface area contributed by atoms with E-state index in [1.807, 2.05) is 60.7 Å². The molecule has 0 saturated heterocycles. The van der Waals surface area contributed by atoms with Gasteiger partial charge in [-0.3, -0.25) is 0 Å². The summed E-state index contributed by atoms with van der Waals surface area (Å²) in [4.78, 5) is 38.4. The lowest BCUT2D eigenvalue weighted by molar-refractivity contribution is -0.136. The Kier molecular flexibility index (Phi) is 7.50. The summed E-state index contributed by atoms with van der Waals surface area (Å²) in [5.74, 6) is -0.511. The van der Waals surface area contributed by atoms with Crippen molar-refractivity contribution in [3.8, 4) is 16.9 Å². The SMILES string of the molecule is Cc1c(OC(=O)[C@H](NC(=O)OCc2ccccc2)c2ccccc2)ccc2c(-c3ccccc3)cc(=O)oc12. The van der Waals surface area contributed by atoms with Crippen LogP contribution in [0.2, 0.25) is 0 Å². The molecule has 0 spiro atoms. The zero-order chi connectivity index (χ0) is 27.2. The molecule has 0 bridgehead atoms. The van der Waals surface area contributed by atoms with E-state index in [0.717, 1.165) is 11.1 Å². The lowest BCUT2D eigenvalue weighted by Gasteiger charge is -2.19. The van der Waals surface area contributed by atoms with Crippen LogP contribution in [0.4, 0.5) is 4.79 Å². The fourth-order valence-electron chi connectivity index (χ4n) is 4.28. The Labute approximate surface area is 224 Å². The fourth-order valence-corrected chi connectivity index (χ4v) is 4.28. The summed E-state index contributed by atoms with van der Waals surface area (Å²) in [6.45, 7) is 1.76. The molecule has 7 nitrogen and oxygen atoms in total. The van der Waals surface area contributed by atoms with E-state index in [9.17, 15) is 14.4 Å². The monoisotopic (exact) mass is 519 g/mol. The van der Waals surface area contributed by atoms with Gasteiger partial charge >= 0.3 is 17.7 Å². The van der Waals surface area contributed by atoms with E-state index in [0.29, 0.717) is 27.7 Å². The van der Waals surface area contributed by atoms with Crippen LogP contribution < -0.4 is 15.7 Å². The number of amides is 1. The number of nitrogens with one attached hydrogen (secondary N) is 1. The molecular weight excluding hydrogens is 494 g/mol. The molecule has 0 aliphatic rings. The first-order valence-electron chi connectivity index (χ1n) is 12.4. The van der Waals surface area contributed by atoms with Crippen molar-refractivity contribution in [1.29, 1.82) is 0 Å². The normalized spacial score (nSPS) is 11.5. The number of hydrogen-bond acceptors (Lipinski definition) is 6. The highest BCUT2D eigenvalue weighted by atomic mass is 16.6. The van der Waals surface area contributed by atoms with E-state index < -0.39 is 23.7 Å². The Balaban J connectivity index is 1.41. The Bertz CT molecular complexity index is 1660. The number of esters is 1. The zero-order valence-corrected chi connectivity index (χ0v) is 21.1. The van der Waals surface area contributed by atoms with Crippen molar-refractivity contribution in [2.45, 2.75) is 19.6 Å². The van der Waals surface area contributed by atoms with Gasteiger partial charge in [0, 0.05) is 17.0 Å². The molecule has 39 heavy (non-hydrogen) atoms. The Morgan fingerprint density at radius 1 is 0.846 bits per heavy atom. The second-order valence-electron chi connectivity index (χ2n) is 8.88. The molecule has 0 aliphatic heterocycles. The average Bonchev–Trinajstić information content (AvgIpc) is 2.97. The summed E-state index contributed by atoms with van der Waals surface area (Å²) < 4.78 is 16.6. The average molecular weight is 520 g/mol. The summed E-state index contributed by atoms with van der Waals surface area (Å²) in [6.07, 6.45) is -0.765. The molecule has 1 heterocycles. The maximum atomic E-state index is 13.4. The first kappa shape index (κ1) is 25.5. The first-order chi connectivity index (χ1) is 19.0. The van der Waals surface area contributed by atoms with Crippen molar-refractivity contribution < 1.29 is 23.5 Å². The van der Waals surface area contributed by atoms with Crippen molar-refractivity contribution in [3.05, 3.63) is 136 Å². The summed E-state index contributed by atoms with van der Waals surface area (Å²) in [6, 6.07) is 31.2. The minimum atomic E-state index is -1.13. The fraction of sp³-hybridized carbons (Fsp3) is 0.0938. The topological polar surface area (TPSA) is 94.8 Å². The van der Waals surface area contributed by atoms with Crippen LogP contribution in [0, 0.1) is 6.92 Å². The van der Waals surface area contributed by atoms with E-state index >= 15 is 0 Å². The molecule has 0 saturated carbocycles. The van der Waals surface area contributed by atoms with Crippen LogP contribution in [0.5, 0.6) is 5.75 Å². The molecule has 0 aliphatic carbocycles. The highest BCUT2D eigenvalue weighted by Crippen LogP contribution is 2.33. The van der Waals surface area contributed by atoms with Gasteiger partial charge in [0.25, 0.3) is 0 Å². The van der Waals surface area contributed by atoms with Gasteiger partial charge in [-0.15, -0.1) is 0 Å². The third-order valence-electron chi connectivity index (χ3n) is 6.25. The largest absolute Gasteiger partial charge is 0.445 e. The number of alkyl carbamates (subject to hydrolysis) is 1. The van der Waals surface area contributed by atoms with E-state index in [1.165, 1.54) is 6.07 Å². The van der Waals surface area contributed by atoms with Gasteiger partial charge in [0.1, 0.15) is 17.9 Å². The highest BCUT2D eigenvalue weighted by Gasteiger charge is 2.27. The number of rotatable bonds is 7. The number of carbonyl (C=O) groups excluding carboxylic acids is 2. The van der Waals surface area contributed by atoms with E-state index in [1.54, 1.807) is 49.4 Å². The van der Waals surface area contributed by atoms with Crippen molar-refractivity contribution in [1.82, 2.24) is 5.32 Å². The van der Waals surface area contributed by atoms with Crippen LogP contribution in [0.1, 0.15) is 22.7 Å². The van der Waals surface area contributed by atoms with Gasteiger partial charge in [-0.2, -0.15) is 0 Å². The molecule has 0 fully saturated rings. The van der Waals surface area contributed by atoms with Gasteiger partial charge in [0.05, 0.1) is 0 Å². The summed E-state index contributed by atoms with van der Waals surface area (Å²) in [7, 11) is 0. The minimum Gasteiger partial charge on any atom is -0.445 e. The maximum absolute atomic E-state index is 13.4. The van der Waals surface area contributed by atoms with Crippen LogP contribution in [0.15, 0.2) is 118 Å². The maximum Gasteiger partial charge on any atom is 0.408 e. The number of benzene rings is 4. The lowest BCUT2D eigenvalue weighted by Crippen LogP contribution is -2.36. The summed E-state index contributed by atoms with van der Waals surface area (Å²) >= 11 is 0. The van der Waals surface area contributed by atoms with Gasteiger partial charge in [0.15, 0.2) is 6.04 Å². The zero-order valence-electron chi connectivity index (χ0n) is 21.1. The minimum absolute atomic E-state index is 0.0514. The van der Waals surface area contributed by atoms with Crippen molar-refractivity contribution in [2.24, 2.45) is 0 Å². The predicted molar refractivity (Wildman–Crippen MR) is 147 cm³/mol. The molecule has 0 unspecified atom stereocenters. The molecule has 0 radical (unpaired) electrons. The van der Waals surface area contributed by atoms with Crippen molar-refractivity contribution in [3.63, 3.8) is 0 Å². The smallest absolute Gasteiger partial charge is 0.408 e. The summed E-state index contributed by atoms with van der Waals surface area (Å²) in [5, 5.41) is 3.32. The van der Waals surface area contributed by atoms with Crippen LogP contribution in [0.25, 0.3) is 22.1 Å². The third kappa shape index (κ3) is 5.88. The quantitative estimate of drug-likeness (QED) is 0.153. The van der Waals surface area contributed by atoms with Gasteiger partial charge < -0.3 is 19.2 Å². The van der Waals surface area contributed by atoms with E-state index in [2.05, 4.69) is 5.32 Å². The molecule has 7 heteroatoms. The molecule has 1 aromatic heterocycles. The van der Waals surface area contributed by atoms with Gasteiger partial charge in [-0.1, -0.05) is 91.0 Å². The number of hydrogen-bond donors (Lipinski definition) is 1. The Hall–Kier alpha value is -5.17. The number of ether oxygens (including phenoxy) is 2. The van der Waals surface area contributed by atoms with Gasteiger partial charge in [0.2, 0.25) is 0 Å². The lowest BCUT2D eigenvalue weighted by atomic mass is 10.00. The number of fused-ring (bicyclic) bond motifs is 1. The Morgan fingerprint density at radius 2 is 1.49 bits per heavy atom. The molecule has 1 N–H and O–H groups in total. The standard InChI is InChI=1S/C32H25NO6/c1-21-27(18-17-25-26(19-28(34)39-30(21)25)23-13-7-3-8-14-23)38-31(35)29(24-15-9-4-10-16-24)33-32(36)37-20-22-11-5-2-6-12-22/h2-19,29H,20H2,1H3,(H,33,36)/t29-/m1/s1. The molecular formula is C32H25NO6. The van der Waals surface area contributed by atoms with Crippen LogP contribution in [-0.2, 0) is 16.1 Å². The van der Waals surface area contributed by atoms with Crippen LogP contribution >= 0.6 is 0 Å². The number of carbonyl (C=O) groups is 2. The molecule has 194 valence electrons. The molecule has 1 amide bonds. The van der Waals surface area contributed by atoms with E-state index in [-0.39, 0.29) is 12.4 Å². The number of aryl methyl sites for hydroxylation is 1. The van der Waals surface area contributed by atoms with Crippen LogP contribution in [0.3, 0.4) is 0 Å². The molecule has 1 atom stereocenters. The highest BCUT2D eigenvalue weighted by molar-refractivity contribution is 5.96. The molecule has 5 aromatic rings. The molecule has 5 rings (SSSR count). The van der Waals surface area contributed by atoms with Gasteiger partial charge in [-0.25, -0.2) is 14.4 Å². The predicted octanol–water partition coefficient (Wildman–Crippen LogP) is 6.34. The summed E-state index contributed by atoms with van der Waals surface area (Å²) in [5.41, 5.74) is 3.20. The third-order valence-corrected chi connectivity index (χ3v) is 6.25. The van der Waals surface area contributed by atoms with Crippen molar-refractivity contribution in [2.75, 3.05) is 0 Å². The van der Waals surface area contributed by atoms with E-state index in [4.69, 9.17) is 13.9 Å². The van der Waals surface area contributed by atoms with Gasteiger partial charge in [-0.05, 0) is 41.3 Å². The van der Waals surface area contributed by atoms with Crippen molar-refractivity contribution >= 4 is 23.0 Å². The Morgan fingerprint density at radius 3 is 2.18 bits per heavy atom. The first-order valence-corrected chi connectivity index (χ1v) is 12.4. The van der Waals surface area contributed by atoms with Crippen LogP contribution in [-0.4, -0.2) is 12.1 Å².